The minimum absolute atomic E-state index is 0.0214. The zero-order chi connectivity index (χ0) is 43.6. The van der Waals surface area contributed by atoms with Crippen LogP contribution in [0.3, 0.4) is 0 Å². The molecule has 5 amide bonds. The number of nitrogens with one attached hydrogen (secondary N) is 3. The molecule has 5 atom stereocenters. The average molecular weight is 862 g/mol. The molecule has 0 bridgehead atoms. The summed E-state index contributed by atoms with van der Waals surface area (Å²) in [7, 11) is 0. The highest BCUT2D eigenvalue weighted by Gasteiger charge is 2.59. The molecule has 14 heteroatoms. The van der Waals surface area contributed by atoms with Crippen molar-refractivity contribution in [3.63, 3.8) is 0 Å². The molecule has 326 valence electrons. The van der Waals surface area contributed by atoms with Gasteiger partial charge in [0.15, 0.2) is 0 Å². The van der Waals surface area contributed by atoms with E-state index in [0.717, 1.165) is 107 Å². The van der Waals surface area contributed by atoms with Crippen molar-refractivity contribution >= 4 is 52.5 Å². The molecule has 3 N–H and O–H groups in total. The van der Waals surface area contributed by atoms with Crippen LogP contribution in [0.4, 0.5) is 11.4 Å². The van der Waals surface area contributed by atoms with Crippen LogP contribution in [0.15, 0.2) is 60.7 Å². The van der Waals surface area contributed by atoms with E-state index >= 15 is 0 Å². The first-order valence-corrected chi connectivity index (χ1v) is 22.5. The number of carbonyl (C=O) groups excluding carboxylic acids is 5. The van der Waals surface area contributed by atoms with E-state index in [9.17, 15) is 29.2 Å². The fourth-order valence-corrected chi connectivity index (χ4v) is 10.8. The number of carbonyl (C=O) groups is 5. The average Bonchev–Trinajstić information content (AvgIpc) is 3.74. The summed E-state index contributed by atoms with van der Waals surface area (Å²) in [5.74, 6) is -1.33. The summed E-state index contributed by atoms with van der Waals surface area (Å²) in [5.41, 5.74) is 3.70. The third-order valence-electron chi connectivity index (χ3n) is 14.2. The Morgan fingerprint density at radius 2 is 1.55 bits per heavy atom. The number of halogens is 1. The predicted molar refractivity (Wildman–Crippen MR) is 236 cm³/mol. The highest BCUT2D eigenvalue weighted by atomic mass is 35.5. The van der Waals surface area contributed by atoms with E-state index in [4.69, 9.17) is 16.3 Å². The number of piperidine rings is 1. The molecule has 3 aliphatic heterocycles. The van der Waals surface area contributed by atoms with Gasteiger partial charge in [-0.3, -0.25) is 39.1 Å². The first kappa shape index (κ1) is 43.2. The number of ether oxygens (including phenoxy) is 1. The predicted octanol–water partition coefficient (Wildman–Crippen LogP) is 6.94. The van der Waals surface area contributed by atoms with Crippen molar-refractivity contribution in [2.45, 2.75) is 103 Å². The van der Waals surface area contributed by atoms with Crippen molar-refractivity contribution in [1.82, 2.24) is 20.4 Å². The lowest BCUT2D eigenvalue weighted by Gasteiger charge is -2.36. The summed E-state index contributed by atoms with van der Waals surface area (Å²) >= 11 is 6.24. The SMILES string of the molecule is C[C@@]12CC(NC(=O)c3ccc(N4CCN(CCCCCCCNc5ccc6c(c5)C(=O)N(C5CCC(=O)NC5=O)C6=O)CC4)cc3)C[C@]1(C)CC(Oc1ccc(C#N)c(Cl)c1)C2. The maximum absolute atomic E-state index is 13.4. The van der Waals surface area contributed by atoms with Gasteiger partial charge in [0.1, 0.15) is 17.9 Å². The van der Waals surface area contributed by atoms with Crippen LogP contribution in [0.5, 0.6) is 5.75 Å². The highest BCUT2D eigenvalue weighted by Crippen LogP contribution is 2.63. The standard InChI is InChI=1S/C48H56ClN7O6/c1-47-26-34(27-48(47,2)29-37(28-47)62-36-14-10-32(30-50)40(49)25-36)52-43(58)31-8-12-35(13-9-31)55-22-20-54(21-23-55)19-7-5-3-4-6-18-51-33-11-15-38-39(24-33)46(61)56(45(38)60)41-16-17-42(57)53-44(41)59/h8-15,24-25,34,37,41,51H,3-7,16-23,26-29H2,1-2H3,(H,52,58)(H,53,57,59)/t34?,37?,41?,47-,48+. The molecule has 3 aromatic carbocycles. The van der Waals surface area contributed by atoms with Crippen molar-refractivity contribution in [3.8, 4) is 11.8 Å². The molecule has 8 rings (SSSR count). The number of benzene rings is 3. The van der Waals surface area contributed by atoms with Crippen molar-refractivity contribution in [1.29, 1.82) is 5.26 Å². The van der Waals surface area contributed by atoms with Gasteiger partial charge in [-0.05, 0) is 117 Å². The summed E-state index contributed by atoms with van der Waals surface area (Å²) in [6.45, 7) is 10.4. The van der Waals surface area contributed by atoms with Gasteiger partial charge in [-0.15, -0.1) is 0 Å². The minimum Gasteiger partial charge on any atom is -0.490 e. The van der Waals surface area contributed by atoms with Crippen molar-refractivity contribution < 1.29 is 28.7 Å². The van der Waals surface area contributed by atoms with Crippen LogP contribution in [0.1, 0.15) is 121 Å². The number of hydrogen-bond acceptors (Lipinski definition) is 10. The second kappa shape index (κ2) is 18.1. The Labute approximate surface area is 368 Å². The lowest BCUT2D eigenvalue weighted by atomic mass is 9.71. The van der Waals surface area contributed by atoms with Gasteiger partial charge in [0.2, 0.25) is 11.8 Å². The van der Waals surface area contributed by atoms with E-state index < -0.39 is 29.7 Å². The second-order valence-electron chi connectivity index (χ2n) is 18.4. The lowest BCUT2D eigenvalue weighted by Crippen LogP contribution is -2.54. The van der Waals surface area contributed by atoms with Crippen LogP contribution in [0.2, 0.25) is 5.02 Å². The fraction of sp³-hybridized carbons (Fsp3) is 0.500. The van der Waals surface area contributed by atoms with Gasteiger partial charge in [-0.1, -0.05) is 44.7 Å². The zero-order valence-corrected chi connectivity index (χ0v) is 36.4. The quantitative estimate of drug-likeness (QED) is 0.108. The third-order valence-corrected chi connectivity index (χ3v) is 14.5. The molecule has 3 unspecified atom stereocenters. The molecule has 2 saturated heterocycles. The van der Waals surface area contributed by atoms with E-state index in [1.165, 1.54) is 6.42 Å². The van der Waals surface area contributed by atoms with Crippen LogP contribution in [0.25, 0.3) is 0 Å². The van der Waals surface area contributed by atoms with Crippen molar-refractivity contribution in [2.75, 3.05) is 49.5 Å². The van der Waals surface area contributed by atoms with E-state index in [2.05, 4.69) is 57.8 Å². The lowest BCUT2D eigenvalue weighted by molar-refractivity contribution is -0.136. The Hall–Kier alpha value is -5.45. The Bertz CT molecular complexity index is 2250. The van der Waals surface area contributed by atoms with Crippen LogP contribution >= 0.6 is 11.6 Å². The molecule has 0 aromatic heterocycles. The Morgan fingerprint density at radius 1 is 0.855 bits per heavy atom. The molecule has 62 heavy (non-hydrogen) atoms. The van der Waals surface area contributed by atoms with Gasteiger partial charge < -0.3 is 20.3 Å². The van der Waals surface area contributed by atoms with E-state index in [-0.39, 0.29) is 52.9 Å². The minimum atomic E-state index is -0.966. The summed E-state index contributed by atoms with van der Waals surface area (Å²) < 4.78 is 6.34. The van der Waals surface area contributed by atoms with Crippen molar-refractivity contribution in [3.05, 3.63) is 87.9 Å². The molecule has 13 nitrogen and oxygen atoms in total. The van der Waals surface area contributed by atoms with Crippen LogP contribution < -0.4 is 25.6 Å². The van der Waals surface area contributed by atoms with Gasteiger partial charge in [-0.2, -0.15) is 5.26 Å². The first-order valence-electron chi connectivity index (χ1n) is 22.2. The molecule has 0 radical (unpaired) electrons. The van der Waals surface area contributed by atoms with E-state index in [1.807, 2.05) is 18.2 Å². The Morgan fingerprint density at radius 3 is 2.24 bits per heavy atom. The van der Waals surface area contributed by atoms with Crippen LogP contribution in [0, 0.1) is 22.2 Å². The van der Waals surface area contributed by atoms with Crippen molar-refractivity contribution in [2.24, 2.45) is 10.8 Å². The van der Waals surface area contributed by atoms with Crippen LogP contribution in [-0.4, -0.2) is 96.8 Å². The molecule has 5 aliphatic rings. The smallest absolute Gasteiger partial charge is 0.262 e. The van der Waals surface area contributed by atoms with Gasteiger partial charge in [0, 0.05) is 68.2 Å². The number of nitrogens with zero attached hydrogens (tertiary/aromatic N) is 4. The number of rotatable bonds is 15. The van der Waals surface area contributed by atoms with Gasteiger partial charge >= 0.3 is 0 Å². The normalized spacial score (nSPS) is 25.9. The maximum atomic E-state index is 13.4. The summed E-state index contributed by atoms with van der Waals surface area (Å²) in [6.07, 6.45) is 9.47. The van der Waals surface area contributed by atoms with Gasteiger partial charge in [0.25, 0.3) is 17.7 Å². The molecule has 3 aromatic rings. The molecule has 2 saturated carbocycles. The summed E-state index contributed by atoms with van der Waals surface area (Å²) in [4.78, 5) is 69.3. The number of fused-ring (bicyclic) bond motifs is 2. The number of anilines is 2. The van der Waals surface area contributed by atoms with Gasteiger partial charge in [-0.25, -0.2) is 0 Å². The number of imide groups is 2. The Kier molecular flexibility index (Phi) is 12.6. The second-order valence-corrected chi connectivity index (χ2v) is 18.8. The molecule has 4 fully saturated rings. The summed E-state index contributed by atoms with van der Waals surface area (Å²) in [6, 6.07) is 19.6. The molecule has 0 spiro atoms. The first-order chi connectivity index (χ1) is 29.8. The van der Waals surface area contributed by atoms with Gasteiger partial charge in [0.05, 0.1) is 27.8 Å². The van der Waals surface area contributed by atoms with Crippen LogP contribution in [-0.2, 0) is 9.59 Å². The number of unbranched alkanes of at least 4 members (excludes halogenated alkanes) is 4. The third kappa shape index (κ3) is 9.04. The largest absolute Gasteiger partial charge is 0.490 e. The number of nitriles is 1. The molecule has 3 heterocycles. The number of amides is 5. The molecule has 2 aliphatic carbocycles. The molecular formula is C48H56ClN7O6. The molecular weight excluding hydrogens is 806 g/mol. The number of piperazine rings is 1. The number of hydrogen-bond donors (Lipinski definition) is 3. The highest BCUT2D eigenvalue weighted by molar-refractivity contribution is 6.31. The van der Waals surface area contributed by atoms with E-state index in [0.29, 0.717) is 21.9 Å². The Balaban J connectivity index is 0.693. The maximum Gasteiger partial charge on any atom is 0.262 e. The zero-order valence-electron chi connectivity index (χ0n) is 35.6. The fourth-order valence-electron chi connectivity index (χ4n) is 10.6. The van der Waals surface area contributed by atoms with E-state index in [1.54, 1.807) is 30.3 Å². The monoisotopic (exact) mass is 861 g/mol. The topological polar surface area (TPSA) is 164 Å². The summed E-state index contributed by atoms with van der Waals surface area (Å²) in [5, 5.41) is 18.5.